The van der Waals surface area contributed by atoms with Gasteiger partial charge in [0, 0.05) is 6.54 Å². The third kappa shape index (κ3) is 2.85. The number of rotatable bonds is 4. The Balaban J connectivity index is 1.64. The molecule has 0 aromatic heterocycles. The van der Waals surface area contributed by atoms with Gasteiger partial charge < -0.3 is 14.4 Å². The zero-order valence-electron chi connectivity index (χ0n) is 15.0. The lowest BCUT2D eigenvalue weighted by molar-refractivity contribution is 0.0824. The second-order valence-electron chi connectivity index (χ2n) is 6.87. The van der Waals surface area contributed by atoms with Crippen LogP contribution >= 0.6 is 0 Å². The molecule has 1 saturated heterocycles. The third-order valence-corrected chi connectivity index (χ3v) is 5.47. The molecule has 0 N–H and O–H groups in total. The average Bonchev–Trinajstić information content (AvgIpc) is 2.98. The van der Waals surface area contributed by atoms with E-state index in [2.05, 4.69) is 36.9 Å². The number of piperidine rings is 1. The van der Waals surface area contributed by atoms with Crippen molar-refractivity contribution in [3.8, 4) is 16.9 Å². The van der Waals surface area contributed by atoms with E-state index in [-0.39, 0.29) is 18.7 Å². The monoisotopic (exact) mass is 349 g/mol. The van der Waals surface area contributed by atoms with Crippen LogP contribution in [0.4, 0.5) is 4.79 Å². The lowest BCUT2D eigenvalue weighted by atomic mass is 9.95. The predicted octanol–water partition coefficient (Wildman–Crippen LogP) is 4.92. The molecule has 4 heteroatoms. The molecule has 134 valence electrons. The van der Waals surface area contributed by atoms with Crippen LogP contribution in [0.15, 0.2) is 55.1 Å². The summed E-state index contributed by atoms with van der Waals surface area (Å²) in [5, 5.41) is 0. The second kappa shape index (κ2) is 6.87. The molecule has 0 saturated carbocycles. The van der Waals surface area contributed by atoms with Crippen LogP contribution < -0.4 is 4.74 Å². The Labute approximate surface area is 154 Å². The van der Waals surface area contributed by atoms with Gasteiger partial charge in [0.1, 0.15) is 12.4 Å². The van der Waals surface area contributed by atoms with Crippen LogP contribution in [0, 0.1) is 0 Å². The Morgan fingerprint density at radius 2 is 1.96 bits per heavy atom. The standard InChI is InChI=1S/C22H23NO3/c1-3-12-26-22(24)23-11-10-17-14-21(23)20-13-16(6-9-19(17)20)15-4-7-18(25-2)8-5-15/h3-9,13,17,21H,1,10-12,14H2,2H3/t17-,21?/m1/s1. The number of likely N-dealkylation sites (tertiary alicyclic amines) is 1. The summed E-state index contributed by atoms with van der Waals surface area (Å²) in [6.07, 6.45) is 3.35. The smallest absolute Gasteiger partial charge is 0.410 e. The minimum Gasteiger partial charge on any atom is -0.497 e. The highest BCUT2D eigenvalue weighted by Crippen LogP contribution is 2.50. The van der Waals surface area contributed by atoms with Crippen molar-refractivity contribution in [1.82, 2.24) is 4.90 Å². The van der Waals surface area contributed by atoms with Gasteiger partial charge >= 0.3 is 6.09 Å². The molecule has 0 spiro atoms. The molecule has 1 amide bonds. The summed E-state index contributed by atoms with van der Waals surface area (Å²) in [4.78, 5) is 14.3. The lowest BCUT2D eigenvalue weighted by Crippen LogP contribution is -2.37. The molecule has 2 bridgehead atoms. The minimum absolute atomic E-state index is 0.110. The topological polar surface area (TPSA) is 38.8 Å². The summed E-state index contributed by atoms with van der Waals surface area (Å²) in [5.74, 6) is 1.39. The van der Waals surface area contributed by atoms with Gasteiger partial charge in [0.2, 0.25) is 0 Å². The van der Waals surface area contributed by atoms with Crippen LogP contribution in [0.2, 0.25) is 0 Å². The van der Waals surface area contributed by atoms with Crippen LogP contribution in [0.25, 0.3) is 11.1 Å². The van der Waals surface area contributed by atoms with Crippen LogP contribution in [0.5, 0.6) is 5.75 Å². The molecule has 0 radical (unpaired) electrons. The Kier molecular flexibility index (Phi) is 4.41. The molecule has 2 aromatic carbocycles. The van der Waals surface area contributed by atoms with E-state index >= 15 is 0 Å². The first-order valence-electron chi connectivity index (χ1n) is 9.04. The number of carbonyl (C=O) groups excluding carboxylic acids is 1. The fraction of sp³-hybridized carbons (Fsp3) is 0.318. The molecule has 1 aliphatic carbocycles. The molecule has 2 aliphatic rings. The van der Waals surface area contributed by atoms with Gasteiger partial charge in [0.15, 0.2) is 0 Å². The minimum atomic E-state index is -0.240. The van der Waals surface area contributed by atoms with E-state index in [0.717, 1.165) is 30.7 Å². The lowest BCUT2D eigenvalue weighted by Gasteiger charge is -2.32. The van der Waals surface area contributed by atoms with Gasteiger partial charge in [-0.05, 0) is 59.2 Å². The number of carbonyl (C=O) groups is 1. The SMILES string of the molecule is C=CCOC(=O)N1CC[C@@H]2CC1c1cc(-c3ccc(OC)cc3)ccc12. The zero-order valence-corrected chi connectivity index (χ0v) is 15.0. The largest absolute Gasteiger partial charge is 0.497 e. The Morgan fingerprint density at radius 1 is 1.19 bits per heavy atom. The van der Waals surface area contributed by atoms with Gasteiger partial charge in [-0.15, -0.1) is 0 Å². The van der Waals surface area contributed by atoms with Crippen molar-refractivity contribution in [2.24, 2.45) is 0 Å². The van der Waals surface area contributed by atoms with Gasteiger partial charge in [-0.2, -0.15) is 0 Å². The molecule has 1 unspecified atom stereocenters. The van der Waals surface area contributed by atoms with Crippen LogP contribution in [0.1, 0.15) is 35.9 Å². The molecule has 2 atom stereocenters. The van der Waals surface area contributed by atoms with Gasteiger partial charge in [0.25, 0.3) is 0 Å². The van der Waals surface area contributed by atoms with Gasteiger partial charge in [-0.1, -0.05) is 36.9 Å². The summed E-state index contributed by atoms with van der Waals surface area (Å²) in [5.41, 5.74) is 4.96. The first-order chi connectivity index (χ1) is 12.7. The zero-order chi connectivity index (χ0) is 18.1. The maximum absolute atomic E-state index is 12.4. The van der Waals surface area contributed by atoms with E-state index in [1.807, 2.05) is 17.0 Å². The number of amides is 1. The predicted molar refractivity (Wildman–Crippen MR) is 101 cm³/mol. The van der Waals surface area contributed by atoms with E-state index in [0.29, 0.717) is 5.92 Å². The third-order valence-electron chi connectivity index (χ3n) is 5.47. The van der Waals surface area contributed by atoms with Crippen molar-refractivity contribution in [1.29, 1.82) is 0 Å². The van der Waals surface area contributed by atoms with Crippen LogP contribution in [-0.2, 0) is 4.74 Å². The summed E-state index contributed by atoms with van der Waals surface area (Å²) in [7, 11) is 1.67. The Morgan fingerprint density at radius 3 is 2.69 bits per heavy atom. The number of ether oxygens (including phenoxy) is 2. The summed E-state index contributed by atoms with van der Waals surface area (Å²) >= 11 is 0. The first-order valence-corrected chi connectivity index (χ1v) is 9.04. The number of hydrogen-bond acceptors (Lipinski definition) is 3. The van der Waals surface area contributed by atoms with Crippen molar-refractivity contribution in [3.05, 3.63) is 66.2 Å². The number of benzene rings is 2. The highest BCUT2D eigenvalue weighted by atomic mass is 16.6. The maximum atomic E-state index is 12.4. The van der Waals surface area contributed by atoms with Crippen LogP contribution in [0.3, 0.4) is 0 Å². The Bertz CT molecular complexity index is 828. The molecule has 4 rings (SSSR count). The summed E-state index contributed by atoms with van der Waals surface area (Å²) in [6, 6.07) is 14.8. The molecular formula is C22H23NO3. The van der Waals surface area contributed by atoms with E-state index in [9.17, 15) is 4.79 Å². The highest BCUT2D eigenvalue weighted by molar-refractivity contribution is 5.71. The first kappa shape index (κ1) is 16.7. The maximum Gasteiger partial charge on any atom is 0.410 e. The number of hydrogen-bond donors (Lipinski definition) is 0. The molecule has 2 aromatic rings. The quantitative estimate of drug-likeness (QED) is 0.736. The molecule has 1 aliphatic heterocycles. The fourth-order valence-electron chi connectivity index (χ4n) is 4.17. The molecule has 4 nitrogen and oxygen atoms in total. The van der Waals surface area contributed by atoms with Crippen LogP contribution in [-0.4, -0.2) is 31.3 Å². The normalized spacial score (nSPS) is 20.4. The van der Waals surface area contributed by atoms with Crippen molar-refractivity contribution in [3.63, 3.8) is 0 Å². The van der Waals surface area contributed by atoms with E-state index in [1.54, 1.807) is 13.2 Å². The summed E-state index contributed by atoms with van der Waals surface area (Å²) < 4.78 is 10.5. The second-order valence-corrected chi connectivity index (χ2v) is 6.87. The van der Waals surface area contributed by atoms with E-state index in [4.69, 9.17) is 9.47 Å². The van der Waals surface area contributed by atoms with E-state index in [1.165, 1.54) is 16.7 Å². The number of fused-ring (bicyclic) bond motifs is 5. The van der Waals surface area contributed by atoms with Gasteiger partial charge in [-0.25, -0.2) is 4.79 Å². The van der Waals surface area contributed by atoms with Gasteiger partial charge in [-0.3, -0.25) is 0 Å². The van der Waals surface area contributed by atoms with E-state index < -0.39 is 0 Å². The summed E-state index contributed by atoms with van der Waals surface area (Å²) in [6.45, 7) is 4.62. The average molecular weight is 349 g/mol. The molecular weight excluding hydrogens is 326 g/mol. The van der Waals surface area contributed by atoms with Crippen molar-refractivity contribution in [2.45, 2.75) is 24.8 Å². The highest BCUT2D eigenvalue weighted by Gasteiger charge is 2.41. The van der Waals surface area contributed by atoms with Crippen molar-refractivity contribution in [2.75, 3.05) is 20.3 Å². The molecule has 1 fully saturated rings. The van der Waals surface area contributed by atoms with Gasteiger partial charge in [0.05, 0.1) is 13.2 Å². The fourth-order valence-corrected chi connectivity index (χ4v) is 4.17. The number of nitrogens with zero attached hydrogens (tertiary/aromatic N) is 1. The van der Waals surface area contributed by atoms with Crippen molar-refractivity contribution < 1.29 is 14.3 Å². The Hall–Kier alpha value is -2.75. The molecule has 1 heterocycles. The van der Waals surface area contributed by atoms with Crippen molar-refractivity contribution >= 4 is 6.09 Å². The molecule has 26 heavy (non-hydrogen) atoms. The number of methoxy groups -OCH3 is 1.